The molecule has 0 aliphatic carbocycles. The molecule has 0 aliphatic rings. The third-order valence-electron chi connectivity index (χ3n) is 3.16. The zero-order valence-corrected chi connectivity index (χ0v) is 12.9. The van der Waals surface area contributed by atoms with E-state index in [4.69, 9.17) is 10.7 Å². The third kappa shape index (κ3) is 4.08. The summed E-state index contributed by atoms with van der Waals surface area (Å²) in [7, 11) is 1.54. The topological polar surface area (TPSA) is 52.0 Å². The van der Waals surface area contributed by atoms with Gasteiger partial charge in [0.15, 0.2) is 5.03 Å². The van der Waals surface area contributed by atoms with Crippen LogP contribution in [0, 0.1) is 6.92 Å². The minimum atomic E-state index is -3.74. The summed E-state index contributed by atoms with van der Waals surface area (Å²) in [5.74, 6) is 0.670. The highest BCUT2D eigenvalue weighted by atomic mass is 35.7. The summed E-state index contributed by atoms with van der Waals surface area (Å²) in [5, 5.41) is -0.0697. The van der Waals surface area contributed by atoms with Crippen molar-refractivity contribution in [2.45, 2.75) is 37.8 Å². The molecule has 0 spiro atoms. The quantitative estimate of drug-likeness (QED) is 0.608. The van der Waals surface area contributed by atoms with Crippen LogP contribution < -0.4 is 0 Å². The maximum absolute atomic E-state index is 11.2. The summed E-state index contributed by atoms with van der Waals surface area (Å²) in [6.45, 7) is 2.53. The average Bonchev–Trinajstić information content (AvgIpc) is 2.77. The van der Waals surface area contributed by atoms with E-state index < -0.39 is 9.05 Å². The number of imidazole rings is 1. The molecule has 0 bridgehead atoms. The molecule has 0 atom stereocenters. The van der Waals surface area contributed by atoms with Crippen LogP contribution in [0.25, 0.3) is 0 Å². The van der Waals surface area contributed by atoms with E-state index in [1.54, 1.807) is 6.92 Å². The van der Waals surface area contributed by atoms with Crippen LogP contribution in [0.15, 0.2) is 41.6 Å². The van der Waals surface area contributed by atoms with Gasteiger partial charge in [0.25, 0.3) is 9.05 Å². The van der Waals surface area contributed by atoms with Gasteiger partial charge in [0, 0.05) is 23.4 Å². The second-order valence-corrected chi connectivity index (χ2v) is 7.21. The van der Waals surface area contributed by atoms with E-state index in [2.05, 4.69) is 17.1 Å². The molecule has 1 aromatic heterocycles. The fourth-order valence-corrected chi connectivity index (χ4v) is 2.80. The zero-order valence-electron chi connectivity index (χ0n) is 11.3. The van der Waals surface area contributed by atoms with Gasteiger partial charge in [0.2, 0.25) is 0 Å². The molecular formula is C14H17ClN2O2S. The van der Waals surface area contributed by atoms with Gasteiger partial charge in [0.05, 0.1) is 0 Å². The number of aromatic nitrogens is 2. The number of hydrogen-bond donors (Lipinski definition) is 0. The van der Waals surface area contributed by atoms with E-state index in [9.17, 15) is 8.42 Å². The minimum Gasteiger partial charge on any atom is -0.334 e. The van der Waals surface area contributed by atoms with Crippen molar-refractivity contribution < 1.29 is 8.42 Å². The lowest BCUT2D eigenvalue weighted by molar-refractivity contribution is 0.595. The van der Waals surface area contributed by atoms with Gasteiger partial charge < -0.3 is 4.57 Å². The monoisotopic (exact) mass is 312 g/mol. The summed E-state index contributed by atoms with van der Waals surface area (Å²) in [5.41, 5.74) is 1.32. The number of aryl methyl sites for hydroxylation is 3. The Morgan fingerprint density at radius 2 is 1.90 bits per heavy atom. The summed E-state index contributed by atoms with van der Waals surface area (Å²) in [6.07, 6.45) is 4.54. The Morgan fingerprint density at radius 1 is 1.20 bits per heavy atom. The SMILES string of the molecule is Cc1nc(S(=O)(=O)Cl)cn1CCCCc1ccccc1. The second kappa shape index (κ2) is 6.41. The Kier molecular flexibility index (Phi) is 4.83. The lowest BCUT2D eigenvalue weighted by Crippen LogP contribution is -1.99. The van der Waals surface area contributed by atoms with Crippen LogP contribution >= 0.6 is 10.7 Å². The molecule has 1 heterocycles. The first-order valence-corrected chi connectivity index (χ1v) is 8.80. The maximum Gasteiger partial charge on any atom is 0.280 e. The molecule has 0 saturated heterocycles. The molecule has 0 radical (unpaired) electrons. The van der Waals surface area contributed by atoms with Crippen molar-refractivity contribution in [3.63, 3.8) is 0 Å². The fraction of sp³-hybridized carbons (Fsp3) is 0.357. The van der Waals surface area contributed by atoms with Crippen LogP contribution in [-0.2, 0) is 22.0 Å². The molecule has 6 heteroatoms. The van der Waals surface area contributed by atoms with Crippen molar-refractivity contribution in [3.8, 4) is 0 Å². The van der Waals surface area contributed by atoms with Gasteiger partial charge in [-0.25, -0.2) is 13.4 Å². The number of nitrogens with zero attached hydrogens (tertiary/aromatic N) is 2. The van der Waals surface area contributed by atoms with Crippen LogP contribution in [0.3, 0.4) is 0 Å². The first kappa shape index (κ1) is 15.1. The van der Waals surface area contributed by atoms with Crippen LogP contribution in [0.4, 0.5) is 0 Å². The van der Waals surface area contributed by atoms with Crippen LogP contribution in [0.1, 0.15) is 24.2 Å². The summed E-state index contributed by atoms with van der Waals surface area (Å²) < 4.78 is 24.2. The van der Waals surface area contributed by atoms with Gasteiger partial charge in [-0.05, 0) is 31.7 Å². The normalized spacial score (nSPS) is 11.7. The van der Waals surface area contributed by atoms with Gasteiger partial charge >= 0.3 is 0 Å². The highest BCUT2D eigenvalue weighted by Crippen LogP contribution is 2.15. The van der Waals surface area contributed by atoms with E-state index in [-0.39, 0.29) is 5.03 Å². The number of unbranched alkanes of at least 4 members (excludes halogenated alkanes) is 1. The Hall–Kier alpha value is -1.33. The summed E-state index contributed by atoms with van der Waals surface area (Å²) in [6, 6.07) is 10.3. The van der Waals surface area contributed by atoms with Crippen molar-refractivity contribution in [2.24, 2.45) is 0 Å². The predicted octanol–water partition coefficient (Wildman–Crippen LogP) is 3.14. The zero-order chi connectivity index (χ0) is 14.6. The third-order valence-corrected chi connectivity index (χ3v) is 4.33. The molecular weight excluding hydrogens is 296 g/mol. The molecule has 2 rings (SSSR count). The van der Waals surface area contributed by atoms with Crippen molar-refractivity contribution >= 4 is 19.7 Å². The van der Waals surface area contributed by atoms with Crippen molar-refractivity contribution in [2.75, 3.05) is 0 Å². The minimum absolute atomic E-state index is 0.0697. The standard InChI is InChI=1S/C14H17ClN2O2S/c1-12-16-14(20(15,18)19)11-17(12)10-6-5-9-13-7-3-2-4-8-13/h2-4,7-8,11H,5-6,9-10H2,1H3. The van der Waals surface area contributed by atoms with E-state index in [0.29, 0.717) is 5.82 Å². The molecule has 0 N–H and O–H groups in total. The predicted molar refractivity (Wildman–Crippen MR) is 79.4 cm³/mol. The first-order valence-electron chi connectivity index (χ1n) is 6.49. The fourth-order valence-electron chi connectivity index (χ4n) is 2.08. The molecule has 0 fully saturated rings. The summed E-state index contributed by atoms with van der Waals surface area (Å²) in [4.78, 5) is 3.96. The Balaban J connectivity index is 1.87. The second-order valence-electron chi connectivity index (χ2n) is 4.70. The van der Waals surface area contributed by atoms with Crippen LogP contribution in [0.2, 0.25) is 0 Å². The molecule has 2 aromatic rings. The van der Waals surface area contributed by atoms with Crippen molar-refractivity contribution in [1.29, 1.82) is 0 Å². The molecule has 4 nitrogen and oxygen atoms in total. The number of hydrogen-bond acceptors (Lipinski definition) is 3. The smallest absolute Gasteiger partial charge is 0.280 e. The van der Waals surface area contributed by atoms with Gasteiger partial charge in [0.1, 0.15) is 5.82 Å². The molecule has 0 amide bonds. The molecule has 108 valence electrons. The van der Waals surface area contributed by atoms with E-state index >= 15 is 0 Å². The largest absolute Gasteiger partial charge is 0.334 e. The van der Waals surface area contributed by atoms with Gasteiger partial charge in [-0.3, -0.25) is 0 Å². The van der Waals surface area contributed by atoms with E-state index in [1.807, 2.05) is 22.8 Å². The average molecular weight is 313 g/mol. The molecule has 0 unspecified atom stereocenters. The van der Waals surface area contributed by atoms with Crippen molar-refractivity contribution in [3.05, 3.63) is 47.9 Å². The number of rotatable bonds is 6. The van der Waals surface area contributed by atoms with Gasteiger partial charge in [-0.2, -0.15) is 0 Å². The molecule has 0 aliphatic heterocycles. The van der Waals surface area contributed by atoms with Crippen LogP contribution in [0.5, 0.6) is 0 Å². The van der Waals surface area contributed by atoms with E-state index in [0.717, 1.165) is 25.8 Å². The van der Waals surface area contributed by atoms with E-state index in [1.165, 1.54) is 11.8 Å². The summed E-state index contributed by atoms with van der Waals surface area (Å²) >= 11 is 0. The van der Waals surface area contributed by atoms with Crippen molar-refractivity contribution in [1.82, 2.24) is 9.55 Å². The Morgan fingerprint density at radius 3 is 2.50 bits per heavy atom. The lowest BCUT2D eigenvalue weighted by atomic mass is 10.1. The number of halogens is 1. The highest BCUT2D eigenvalue weighted by molar-refractivity contribution is 8.13. The number of benzene rings is 1. The molecule has 1 aromatic carbocycles. The van der Waals surface area contributed by atoms with Gasteiger partial charge in [-0.15, -0.1) is 0 Å². The molecule has 20 heavy (non-hydrogen) atoms. The van der Waals surface area contributed by atoms with Crippen LogP contribution in [-0.4, -0.2) is 18.0 Å². The maximum atomic E-state index is 11.2. The Labute approximate surface area is 123 Å². The lowest BCUT2D eigenvalue weighted by Gasteiger charge is -2.04. The Bertz CT molecular complexity index is 666. The van der Waals surface area contributed by atoms with Gasteiger partial charge in [-0.1, -0.05) is 30.3 Å². The molecule has 0 saturated carbocycles. The first-order chi connectivity index (χ1) is 9.47. The highest BCUT2D eigenvalue weighted by Gasteiger charge is 2.15.